The molecular formula is C18H19N5O3. The molecule has 0 spiro atoms. The minimum Gasteiger partial charge on any atom is -0.324 e. The summed E-state index contributed by atoms with van der Waals surface area (Å²) in [7, 11) is 0. The van der Waals surface area contributed by atoms with Crippen LogP contribution in [0, 0.1) is 6.92 Å². The molecule has 0 bridgehead atoms. The first kappa shape index (κ1) is 18.8. The first-order chi connectivity index (χ1) is 12.4. The van der Waals surface area contributed by atoms with Crippen LogP contribution in [0.15, 0.2) is 53.9 Å². The lowest BCUT2D eigenvalue weighted by Gasteiger charge is -2.06. The van der Waals surface area contributed by atoms with Gasteiger partial charge in [-0.15, -0.1) is 0 Å². The molecule has 8 nitrogen and oxygen atoms in total. The molecule has 8 heteroatoms. The first-order valence-electron chi connectivity index (χ1n) is 7.85. The van der Waals surface area contributed by atoms with E-state index in [1.165, 1.54) is 6.20 Å². The van der Waals surface area contributed by atoms with Gasteiger partial charge in [-0.25, -0.2) is 5.43 Å². The quantitative estimate of drug-likeness (QED) is 0.432. The Morgan fingerprint density at radius 2 is 1.81 bits per heavy atom. The van der Waals surface area contributed by atoms with Crippen LogP contribution in [-0.2, 0) is 14.4 Å². The monoisotopic (exact) mass is 353 g/mol. The van der Waals surface area contributed by atoms with Crippen molar-refractivity contribution in [2.45, 2.75) is 20.3 Å². The standard InChI is InChI=1S/C18H19N5O3/c1-12-5-3-6-14(9-12)21-17(25)18(26)23-22-13(2)10-16(24)20-15-7-4-8-19-11-15/h3-9,11H,10H2,1-2H3,(H,20,24)(H,21,25)(H,23,26)/b22-13-. The van der Waals surface area contributed by atoms with E-state index in [1.54, 1.807) is 43.5 Å². The van der Waals surface area contributed by atoms with Crippen molar-refractivity contribution in [3.8, 4) is 0 Å². The van der Waals surface area contributed by atoms with Crippen molar-refractivity contribution in [3.63, 3.8) is 0 Å². The third-order valence-electron chi connectivity index (χ3n) is 3.19. The fourth-order valence-corrected chi connectivity index (χ4v) is 2.02. The molecule has 2 rings (SSSR count). The minimum atomic E-state index is -0.918. The van der Waals surface area contributed by atoms with Crippen LogP contribution in [0.5, 0.6) is 0 Å². The Balaban J connectivity index is 1.82. The van der Waals surface area contributed by atoms with Gasteiger partial charge in [0.25, 0.3) is 0 Å². The molecule has 0 aliphatic heterocycles. The fourth-order valence-electron chi connectivity index (χ4n) is 2.02. The van der Waals surface area contributed by atoms with E-state index >= 15 is 0 Å². The van der Waals surface area contributed by atoms with Crippen molar-refractivity contribution < 1.29 is 14.4 Å². The highest BCUT2D eigenvalue weighted by Gasteiger charge is 2.13. The Morgan fingerprint density at radius 1 is 1.04 bits per heavy atom. The van der Waals surface area contributed by atoms with E-state index in [1.807, 2.05) is 13.0 Å². The highest BCUT2D eigenvalue weighted by molar-refractivity contribution is 6.39. The maximum absolute atomic E-state index is 11.9. The predicted molar refractivity (Wildman–Crippen MR) is 98.5 cm³/mol. The predicted octanol–water partition coefficient (Wildman–Crippen LogP) is 1.85. The van der Waals surface area contributed by atoms with E-state index < -0.39 is 11.8 Å². The van der Waals surface area contributed by atoms with Crippen LogP contribution in [-0.4, -0.2) is 28.4 Å². The second-order valence-corrected chi connectivity index (χ2v) is 5.58. The van der Waals surface area contributed by atoms with Crippen molar-refractivity contribution in [1.29, 1.82) is 0 Å². The molecule has 1 aromatic carbocycles. The normalized spacial score (nSPS) is 10.8. The average Bonchev–Trinajstić information content (AvgIpc) is 2.60. The molecule has 0 unspecified atom stereocenters. The van der Waals surface area contributed by atoms with Crippen molar-refractivity contribution in [3.05, 3.63) is 54.4 Å². The van der Waals surface area contributed by atoms with Gasteiger partial charge in [0.2, 0.25) is 5.91 Å². The largest absolute Gasteiger partial charge is 0.329 e. The van der Waals surface area contributed by atoms with Crippen LogP contribution >= 0.6 is 0 Å². The summed E-state index contributed by atoms with van der Waals surface area (Å²) in [5.74, 6) is -2.07. The van der Waals surface area contributed by atoms with Crippen LogP contribution in [0.3, 0.4) is 0 Å². The second kappa shape index (κ2) is 9.07. The number of aryl methyl sites for hydroxylation is 1. The Kier molecular flexibility index (Phi) is 6.55. The molecule has 0 aliphatic rings. The number of nitrogens with one attached hydrogen (secondary N) is 3. The lowest BCUT2D eigenvalue weighted by Crippen LogP contribution is -2.33. The zero-order chi connectivity index (χ0) is 18.9. The summed E-state index contributed by atoms with van der Waals surface area (Å²) in [5, 5.41) is 8.89. The number of aromatic nitrogens is 1. The van der Waals surface area contributed by atoms with E-state index in [0.717, 1.165) is 5.56 Å². The number of anilines is 2. The van der Waals surface area contributed by atoms with Gasteiger partial charge in [-0.05, 0) is 43.7 Å². The molecule has 1 aromatic heterocycles. The lowest BCUT2D eigenvalue weighted by atomic mass is 10.2. The van der Waals surface area contributed by atoms with Crippen LogP contribution in [0.1, 0.15) is 18.9 Å². The number of pyridine rings is 1. The molecule has 0 saturated carbocycles. The molecule has 0 fully saturated rings. The summed E-state index contributed by atoms with van der Waals surface area (Å²) in [6, 6.07) is 10.5. The molecular weight excluding hydrogens is 334 g/mol. The Labute approximate surface area is 150 Å². The van der Waals surface area contributed by atoms with E-state index in [-0.39, 0.29) is 12.3 Å². The zero-order valence-electron chi connectivity index (χ0n) is 14.4. The first-order valence-corrected chi connectivity index (χ1v) is 7.85. The van der Waals surface area contributed by atoms with Crippen LogP contribution in [0.2, 0.25) is 0 Å². The van der Waals surface area contributed by atoms with Gasteiger partial charge in [0.15, 0.2) is 0 Å². The van der Waals surface area contributed by atoms with Gasteiger partial charge in [-0.3, -0.25) is 19.4 Å². The van der Waals surface area contributed by atoms with Crippen molar-refractivity contribution in [2.75, 3.05) is 10.6 Å². The van der Waals surface area contributed by atoms with E-state index in [9.17, 15) is 14.4 Å². The number of rotatable bonds is 5. The second-order valence-electron chi connectivity index (χ2n) is 5.58. The van der Waals surface area contributed by atoms with E-state index in [0.29, 0.717) is 17.1 Å². The highest BCUT2D eigenvalue weighted by Crippen LogP contribution is 2.09. The molecule has 3 N–H and O–H groups in total. The maximum atomic E-state index is 11.9. The Hall–Kier alpha value is -3.55. The van der Waals surface area contributed by atoms with E-state index in [4.69, 9.17) is 0 Å². The van der Waals surface area contributed by atoms with Gasteiger partial charge < -0.3 is 10.6 Å². The van der Waals surface area contributed by atoms with Crippen molar-refractivity contribution >= 4 is 34.8 Å². The van der Waals surface area contributed by atoms with Crippen LogP contribution in [0.4, 0.5) is 11.4 Å². The van der Waals surface area contributed by atoms with E-state index in [2.05, 4.69) is 26.1 Å². The molecule has 1 heterocycles. The molecule has 0 saturated heterocycles. The van der Waals surface area contributed by atoms with Crippen LogP contribution < -0.4 is 16.1 Å². The number of hydrogen-bond donors (Lipinski definition) is 3. The third-order valence-corrected chi connectivity index (χ3v) is 3.19. The topological polar surface area (TPSA) is 113 Å². The summed E-state index contributed by atoms with van der Waals surface area (Å²) in [5.41, 5.74) is 4.51. The number of amides is 3. The Morgan fingerprint density at radius 3 is 2.50 bits per heavy atom. The number of carbonyl (C=O) groups excluding carboxylic acids is 3. The summed E-state index contributed by atoms with van der Waals surface area (Å²) >= 11 is 0. The SMILES string of the molecule is C/C(CC(=O)Nc1cccnc1)=N/NC(=O)C(=O)Nc1cccc(C)c1. The average molecular weight is 353 g/mol. The number of hydrazone groups is 1. The maximum Gasteiger partial charge on any atom is 0.329 e. The van der Waals surface area contributed by atoms with Gasteiger partial charge >= 0.3 is 11.8 Å². The zero-order valence-corrected chi connectivity index (χ0v) is 14.4. The smallest absolute Gasteiger partial charge is 0.324 e. The van der Waals surface area contributed by atoms with Gasteiger partial charge in [-0.1, -0.05) is 12.1 Å². The molecule has 0 radical (unpaired) electrons. The van der Waals surface area contributed by atoms with Crippen molar-refractivity contribution in [1.82, 2.24) is 10.4 Å². The fraction of sp³-hybridized carbons (Fsp3) is 0.167. The number of hydrogen-bond acceptors (Lipinski definition) is 5. The minimum absolute atomic E-state index is 0.0331. The van der Waals surface area contributed by atoms with Gasteiger partial charge in [0, 0.05) is 17.6 Å². The molecule has 134 valence electrons. The van der Waals surface area contributed by atoms with Gasteiger partial charge in [0.05, 0.1) is 18.3 Å². The molecule has 0 atom stereocenters. The molecule has 3 amide bonds. The summed E-state index contributed by atoms with van der Waals surface area (Å²) < 4.78 is 0. The number of nitrogens with zero attached hydrogens (tertiary/aromatic N) is 2. The lowest BCUT2D eigenvalue weighted by molar-refractivity contribution is -0.136. The highest BCUT2D eigenvalue weighted by atomic mass is 16.2. The van der Waals surface area contributed by atoms with Gasteiger partial charge in [-0.2, -0.15) is 5.10 Å². The summed E-state index contributed by atoms with van der Waals surface area (Å²) in [6.07, 6.45) is 3.08. The Bertz CT molecular complexity index is 834. The number of benzene rings is 1. The summed E-state index contributed by atoms with van der Waals surface area (Å²) in [4.78, 5) is 39.3. The third kappa shape index (κ3) is 6.16. The summed E-state index contributed by atoms with van der Waals surface area (Å²) in [6.45, 7) is 3.45. The number of carbonyl (C=O) groups is 3. The molecule has 0 aliphatic carbocycles. The van der Waals surface area contributed by atoms with Crippen molar-refractivity contribution in [2.24, 2.45) is 5.10 Å². The van der Waals surface area contributed by atoms with Crippen LogP contribution in [0.25, 0.3) is 0 Å². The molecule has 2 aromatic rings. The molecule has 26 heavy (non-hydrogen) atoms. The van der Waals surface area contributed by atoms with Gasteiger partial charge in [0.1, 0.15) is 0 Å².